The van der Waals surface area contributed by atoms with Crippen LogP contribution in [0.3, 0.4) is 0 Å². The van der Waals surface area contributed by atoms with Gasteiger partial charge in [0.05, 0.1) is 11.7 Å². The van der Waals surface area contributed by atoms with Crippen molar-refractivity contribution in [2.24, 2.45) is 0 Å². The fourth-order valence-corrected chi connectivity index (χ4v) is 6.46. The highest BCUT2D eigenvalue weighted by Crippen LogP contribution is 2.30. The third-order valence-electron chi connectivity index (χ3n) is 9.05. The second kappa shape index (κ2) is 12.8. The number of anilines is 1. The minimum Gasteiger partial charge on any atom is -0.457 e. The van der Waals surface area contributed by atoms with Gasteiger partial charge in [0, 0.05) is 44.8 Å². The predicted molar refractivity (Wildman–Crippen MR) is 176 cm³/mol. The monoisotopic (exact) mass is 621 g/mol. The molecular formula is C34H39N9O3. The lowest BCUT2D eigenvalue weighted by molar-refractivity contribution is -0.125. The molecule has 0 spiro atoms. The van der Waals surface area contributed by atoms with Crippen LogP contribution in [0.15, 0.2) is 77.4 Å². The van der Waals surface area contributed by atoms with E-state index in [1.165, 1.54) is 10.9 Å². The Morgan fingerprint density at radius 3 is 2.41 bits per heavy atom. The molecule has 4 heterocycles. The Labute approximate surface area is 267 Å². The largest absolute Gasteiger partial charge is 0.457 e. The minimum atomic E-state index is -0.458. The Hall–Kier alpha value is -4.99. The van der Waals surface area contributed by atoms with Gasteiger partial charge in [0.2, 0.25) is 0 Å². The lowest BCUT2D eigenvalue weighted by Gasteiger charge is -2.42. The lowest BCUT2D eigenvalue weighted by atomic mass is 9.97. The fraction of sp³-hybridized carbons (Fsp3) is 0.382. The first-order valence-electron chi connectivity index (χ1n) is 15.7. The van der Waals surface area contributed by atoms with Gasteiger partial charge in [-0.25, -0.2) is 14.8 Å². The molecule has 238 valence electrons. The number of likely N-dealkylation sites (tertiary alicyclic amines) is 1. The minimum absolute atomic E-state index is 0.114. The molecule has 2 N–H and O–H groups in total. The summed E-state index contributed by atoms with van der Waals surface area (Å²) in [5, 5.41) is 10.0. The molecule has 2 aromatic carbocycles. The molecule has 12 nitrogen and oxygen atoms in total. The smallest absolute Gasteiger partial charge is 0.335 e. The van der Waals surface area contributed by atoms with Crippen molar-refractivity contribution in [3.63, 3.8) is 0 Å². The van der Waals surface area contributed by atoms with Crippen LogP contribution in [0.4, 0.5) is 5.82 Å². The number of carbonyl (C=O) groups excluding carboxylic acids is 1. The number of fused-ring (bicyclic) bond motifs is 1. The molecule has 2 aromatic heterocycles. The van der Waals surface area contributed by atoms with Gasteiger partial charge in [0.25, 0.3) is 5.91 Å². The molecule has 1 atom stereocenters. The van der Waals surface area contributed by atoms with Crippen molar-refractivity contribution >= 4 is 22.9 Å². The number of para-hydroxylation sites is 1. The zero-order valence-electron chi connectivity index (χ0n) is 26.5. The van der Waals surface area contributed by atoms with E-state index in [9.17, 15) is 14.9 Å². The molecule has 0 bridgehead atoms. The van der Waals surface area contributed by atoms with Crippen LogP contribution in [-0.4, -0.2) is 91.1 Å². The van der Waals surface area contributed by atoms with E-state index in [0.717, 1.165) is 32.7 Å². The van der Waals surface area contributed by atoms with Gasteiger partial charge in [-0.15, -0.1) is 0 Å². The van der Waals surface area contributed by atoms with Gasteiger partial charge in [-0.1, -0.05) is 25.1 Å². The number of imidazole rings is 1. The fourth-order valence-electron chi connectivity index (χ4n) is 6.46. The number of ether oxygens (including phenoxy) is 1. The van der Waals surface area contributed by atoms with E-state index in [1.807, 2.05) is 44.2 Å². The van der Waals surface area contributed by atoms with E-state index in [1.54, 1.807) is 39.8 Å². The van der Waals surface area contributed by atoms with Gasteiger partial charge in [-0.2, -0.15) is 5.26 Å². The molecule has 6 rings (SSSR count). The van der Waals surface area contributed by atoms with E-state index in [-0.39, 0.29) is 35.6 Å². The van der Waals surface area contributed by atoms with Crippen molar-refractivity contribution < 1.29 is 9.53 Å². The summed E-state index contributed by atoms with van der Waals surface area (Å²) < 4.78 is 9.02. The quantitative estimate of drug-likeness (QED) is 0.231. The number of amides is 1. The third kappa shape index (κ3) is 5.99. The van der Waals surface area contributed by atoms with Gasteiger partial charge in [-0.3, -0.25) is 18.8 Å². The summed E-state index contributed by atoms with van der Waals surface area (Å²) in [5.74, 6) is 1.17. The topological polar surface area (TPSA) is 139 Å². The molecule has 4 aromatic rings. The zero-order valence-corrected chi connectivity index (χ0v) is 26.5. The number of benzene rings is 2. The number of aromatic nitrogens is 4. The first-order valence-corrected chi connectivity index (χ1v) is 15.7. The number of hydrogen-bond acceptors (Lipinski definition) is 9. The van der Waals surface area contributed by atoms with E-state index >= 15 is 0 Å². The van der Waals surface area contributed by atoms with Crippen LogP contribution >= 0.6 is 0 Å². The highest BCUT2D eigenvalue weighted by atomic mass is 16.5. The van der Waals surface area contributed by atoms with Gasteiger partial charge in [-0.05, 0) is 69.3 Å². The molecule has 2 aliphatic heterocycles. The third-order valence-corrected chi connectivity index (χ3v) is 9.05. The van der Waals surface area contributed by atoms with Crippen molar-refractivity contribution in [2.45, 2.75) is 38.8 Å². The molecule has 2 saturated heterocycles. The molecule has 2 fully saturated rings. The van der Waals surface area contributed by atoms with Crippen LogP contribution in [0.1, 0.15) is 33.2 Å². The van der Waals surface area contributed by atoms with Crippen LogP contribution in [-0.2, 0) is 4.79 Å². The van der Waals surface area contributed by atoms with E-state index in [4.69, 9.17) is 10.5 Å². The summed E-state index contributed by atoms with van der Waals surface area (Å²) in [4.78, 5) is 42.7. The number of nitrogens with zero attached hydrogens (tertiary/aromatic N) is 8. The van der Waals surface area contributed by atoms with Crippen LogP contribution in [0, 0.1) is 11.3 Å². The number of carbonyl (C=O) groups is 1. The molecule has 1 amide bonds. The summed E-state index contributed by atoms with van der Waals surface area (Å²) in [6.45, 7) is 11.6. The summed E-state index contributed by atoms with van der Waals surface area (Å²) in [6.07, 6.45) is 3.66. The number of nitrogens with two attached hydrogens (primary N) is 1. The summed E-state index contributed by atoms with van der Waals surface area (Å²) in [5.41, 5.74) is 7.01. The summed E-state index contributed by atoms with van der Waals surface area (Å²) >= 11 is 0. The Balaban J connectivity index is 1.25. The molecule has 2 aliphatic rings. The molecule has 46 heavy (non-hydrogen) atoms. The van der Waals surface area contributed by atoms with E-state index < -0.39 is 5.54 Å². The maximum atomic E-state index is 14.1. The maximum Gasteiger partial charge on any atom is 0.335 e. The number of nitrogen functional groups attached to an aromatic ring is 1. The van der Waals surface area contributed by atoms with Crippen molar-refractivity contribution in [3.05, 3.63) is 83.1 Å². The number of nitriles is 1. The van der Waals surface area contributed by atoms with E-state index in [0.29, 0.717) is 41.3 Å². The van der Waals surface area contributed by atoms with Crippen molar-refractivity contribution in [1.29, 1.82) is 5.26 Å². The van der Waals surface area contributed by atoms with Crippen LogP contribution in [0.25, 0.3) is 16.9 Å². The molecule has 0 saturated carbocycles. The number of likely N-dealkylation sites (N-methyl/N-ethyl adjacent to an activating group) is 1. The molecular weight excluding hydrogens is 582 g/mol. The Kier molecular flexibility index (Phi) is 8.62. The highest BCUT2D eigenvalue weighted by molar-refractivity contribution is 5.97. The average molecular weight is 622 g/mol. The molecule has 0 aliphatic carbocycles. The van der Waals surface area contributed by atoms with Gasteiger partial charge in [0.1, 0.15) is 35.0 Å². The average Bonchev–Trinajstić information content (AvgIpc) is 3.67. The first kappa shape index (κ1) is 31.0. The standard InChI is InChI=1S/C34H39N9O3/c1-4-39-16-18-41(19-17-39)34(2,3)20-24(21-35)32(44)40-15-14-26(22-40)43-31-29(30(36)37-23-38-31)42(33(43)45)25-10-12-28(13-11-25)46-27-8-6-5-7-9-27/h5-13,20,23,26H,4,14-19,22H2,1-3H3,(H2,36,37,38)/b24-20-/t26-/m0/s1. The highest BCUT2D eigenvalue weighted by Gasteiger charge is 2.35. The van der Waals surface area contributed by atoms with Crippen LogP contribution in [0.5, 0.6) is 11.5 Å². The SMILES string of the molecule is CCN1CCN(C(C)(C)/C=C(/C#N)C(=O)N2CC[C@H](n3c(=O)n(-c4ccc(Oc5ccccc5)cc4)c4c(N)ncnc43)C2)CC1. The number of hydrogen-bond donors (Lipinski definition) is 1. The second-order valence-corrected chi connectivity index (χ2v) is 12.3. The Morgan fingerprint density at radius 2 is 1.74 bits per heavy atom. The lowest BCUT2D eigenvalue weighted by Crippen LogP contribution is -2.54. The van der Waals surface area contributed by atoms with Gasteiger partial charge in [0.15, 0.2) is 11.5 Å². The predicted octanol–water partition coefficient (Wildman–Crippen LogP) is 3.60. The van der Waals surface area contributed by atoms with Crippen molar-refractivity contribution in [1.82, 2.24) is 33.8 Å². The normalized spacial score (nSPS) is 18.2. The van der Waals surface area contributed by atoms with Gasteiger partial charge < -0.3 is 20.3 Å². The van der Waals surface area contributed by atoms with Crippen molar-refractivity contribution in [2.75, 3.05) is 51.5 Å². The molecule has 12 heteroatoms. The summed E-state index contributed by atoms with van der Waals surface area (Å²) in [7, 11) is 0. The summed E-state index contributed by atoms with van der Waals surface area (Å²) in [6, 6.07) is 18.4. The maximum absolute atomic E-state index is 14.1. The van der Waals surface area contributed by atoms with Crippen LogP contribution < -0.4 is 16.2 Å². The zero-order chi connectivity index (χ0) is 32.4. The Bertz CT molecular complexity index is 1850. The molecule has 0 unspecified atom stereocenters. The number of rotatable bonds is 8. The molecule has 0 radical (unpaired) electrons. The first-order chi connectivity index (χ1) is 22.2. The van der Waals surface area contributed by atoms with Gasteiger partial charge >= 0.3 is 5.69 Å². The van der Waals surface area contributed by atoms with Crippen LogP contribution in [0.2, 0.25) is 0 Å². The van der Waals surface area contributed by atoms with E-state index in [2.05, 4.69) is 32.8 Å². The van der Waals surface area contributed by atoms with Crippen molar-refractivity contribution in [3.8, 4) is 23.3 Å². The second-order valence-electron chi connectivity index (χ2n) is 12.3. The number of piperazine rings is 1. The Morgan fingerprint density at radius 1 is 1.04 bits per heavy atom.